The van der Waals surface area contributed by atoms with Crippen LogP contribution < -0.4 is 0 Å². The maximum absolute atomic E-state index is 7.11. The smallest absolute Gasteiger partial charge is 0.401 e. The Morgan fingerprint density at radius 2 is 1.67 bits per heavy atom. The van der Waals surface area contributed by atoms with Crippen LogP contribution in [0.5, 0.6) is 0 Å². The Hall–Kier alpha value is -0.575. The van der Waals surface area contributed by atoms with Crippen LogP contribution in [-0.4, -0.2) is 31.0 Å². The van der Waals surface area contributed by atoms with E-state index in [1.165, 1.54) is 69.7 Å². The Morgan fingerprint density at radius 1 is 0.889 bits per heavy atom. The minimum Gasteiger partial charge on any atom is -0.401 e. The van der Waals surface area contributed by atoms with Gasteiger partial charge >= 0.3 is 7.12 Å². The summed E-state index contributed by atoms with van der Waals surface area (Å²) < 4.78 is 20.5. The first-order valence-electron chi connectivity index (χ1n) is 15.8. The van der Waals surface area contributed by atoms with Crippen LogP contribution in [0.1, 0.15) is 105 Å². The van der Waals surface area contributed by atoms with Gasteiger partial charge in [-0.05, 0) is 112 Å². The molecule has 5 aliphatic carbocycles. The van der Waals surface area contributed by atoms with Gasteiger partial charge in [0.15, 0.2) is 0 Å². The fourth-order valence-electron chi connectivity index (χ4n) is 11.3. The highest BCUT2D eigenvalue weighted by molar-refractivity contribution is 6.54. The van der Waals surface area contributed by atoms with Gasteiger partial charge in [0.1, 0.15) is 0 Å². The highest BCUT2D eigenvalue weighted by Gasteiger charge is 2.69. The highest BCUT2D eigenvalue weighted by Crippen LogP contribution is 2.72. The van der Waals surface area contributed by atoms with Gasteiger partial charge in [-0.2, -0.15) is 0 Å². The summed E-state index contributed by atoms with van der Waals surface area (Å²) in [4.78, 5) is 0. The molecule has 0 N–H and O–H groups in total. The van der Waals surface area contributed by atoms with Crippen molar-refractivity contribution < 1.29 is 14.0 Å². The van der Waals surface area contributed by atoms with E-state index in [-0.39, 0.29) is 18.8 Å². The molecule has 3 saturated carbocycles. The summed E-state index contributed by atoms with van der Waals surface area (Å²) in [5, 5.41) is 0. The second-order valence-corrected chi connectivity index (χ2v) is 14.5. The summed E-state index contributed by atoms with van der Waals surface area (Å²) in [6, 6.07) is 0. The van der Waals surface area contributed by atoms with E-state index < -0.39 is 0 Å². The lowest BCUT2D eigenvalue weighted by Crippen LogP contribution is -2.61. The normalized spacial score (nSPS) is 49.4. The molecule has 1 spiro atoms. The van der Waals surface area contributed by atoms with Crippen LogP contribution in [0.2, 0.25) is 0 Å². The number of rotatable bonds is 2. The third-order valence-corrected chi connectivity index (χ3v) is 12.1. The van der Waals surface area contributed by atoms with Gasteiger partial charge in [-0.15, -0.1) is 0 Å². The molecular weight excluding hydrogens is 443 g/mol. The van der Waals surface area contributed by atoms with E-state index in [1.807, 2.05) is 0 Å². The lowest BCUT2D eigenvalue weighted by atomic mass is 9.46. The minimum atomic E-state index is -0.229. The van der Waals surface area contributed by atoms with Crippen LogP contribution >= 0.6 is 0 Å². The summed E-state index contributed by atoms with van der Waals surface area (Å²) in [6.07, 6.45) is 25.2. The van der Waals surface area contributed by atoms with Crippen molar-refractivity contribution in [2.24, 2.45) is 46.8 Å². The van der Waals surface area contributed by atoms with Crippen molar-refractivity contribution in [1.29, 1.82) is 0 Å². The molecule has 2 aliphatic heterocycles. The van der Waals surface area contributed by atoms with Gasteiger partial charge in [0.2, 0.25) is 0 Å². The van der Waals surface area contributed by atoms with Gasteiger partial charge in [0.05, 0.1) is 23.9 Å². The first-order chi connectivity index (χ1) is 17.4. The van der Waals surface area contributed by atoms with Crippen LogP contribution in [0, 0.1) is 46.8 Å². The van der Waals surface area contributed by atoms with Crippen LogP contribution in [-0.2, 0) is 14.0 Å². The molecule has 10 atom stereocenters. The van der Waals surface area contributed by atoms with E-state index >= 15 is 0 Å². The molecule has 2 heterocycles. The Labute approximate surface area is 220 Å². The monoisotopic (exact) mass is 492 g/mol. The molecule has 7 rings (SSSR count). The number of allylic oxidation sites excluding steroid dienone is 3. The molecule has 10 unspecified atom stereocenters. The largest absolute Gasteiger partial charge is 0.490 e. The van der Waals surface area contributed by atoms with Crippen molar-refractivity contribution >= 4 is 7.12 Å². The van der Waals surface area contributed by atoms with Gasteiger partial charge in [0.25, 0.3) is 0 Å². The van der Waals surface area contributed by atoms with Gasteiger partial charge in [0, 0.05) is 5.92 Å². The molecule has 0 aromatic heterocycles. The van der Waals surface area contributed by atoms with Gasteiger partial charge in [-0.3, -0.25) is 0 Å². The Bertz CT molecular complexity index is 909. The van der Waals surface area contributed by atoms with E-state index in [0.717, 1.165) is 42.4 Å². The summed E-state index contributed by atoms with van der Waals surface area (Å²) in [5.74, 6) is 5.20. The fourth-order valence-corrected chi connectivity index (χ4v) is 11.3. The summed E-state index contributed by atoms with van der Waals surface area (Å²) in [5.41, 5.74) is 1.63. The van der Waals surface area contributed by atoms with Crippen LogP contribution in [0.25, 0.3) is 0 Å². The minimum absolute atomic E-state index is 0.155. The van der Waals surface area contributed by atoms with Crippen molar-refractivity contribution in [3.8, 4) is 0 Å². The Kier molecular flexibility index (Phi) is 6.11. The van der Waals surface area contributed by atoms with Gasteiger partial charge in [-0.25, -0.2) is 0 Å². The SMILES string of the molecule is CC(C)C1OB(C2=CC3C(CC2)OC2CCCCC2C32C3CCC=CC3C3CCCCC32)OC1(C)C. The molecule has 198 valence electrons. The molecule has 7 aliphatic rings. The number of fused-ring (bicyclic) bond motifs is 9. The zero-order valence-corrected chi connectivity index (χ0v) is 23.3. The average Bonchev–Trinajstić information content (AvgIpc) is 3.37. The average molecular weight is 493 g/mol. The van der Waals surface area contributed by atoms with E-state index in [9.17, 15) is 0 Å². The molecular formula is C32H49BO3. The zero-order valence-electron chi connectivity index (χ0n) is 23.3. The number of ether oxygens (including phenoxy) is 1. The maximum atomic E-state index is 7.11. The van der Waals surface area contributed by atoms with Crippen molar-refractivity contribution in [2.45, 2.75) is 129 Å². The lowest BCUT2D eigenvalue weighted by Gasteiger charge is -2.62. The number of hydrogen-bond donors (Lipinski definition) is 0. The summed E-state index contributed by atoms with van der Waals surface area (Å²) in [6.45, 7) is 9.00. The third kappa shape index (κ3) is 3.48. The Morgan fingerprint density at radius 3 is 2.47 bits per heavy atom. The van der Waals surface area contributed by atoms with E-state index in [2.05, 4.69) is 45.9 Å². The fraction of sp³-hybridized carbons (Fsp3) is 0.875. The van der Waals surface area contributed by atoms with Crippen molar-refractivity contribution in [1.82, 2.24) is 0 Å². The van der Waals surface area contributed by atoms with E-state index in [0.29, 0.717) is 29.5 Å². The molecule has 4 heteroatoms. The van der Waals surface area contributed by atoms with Crippen molar-refractivity contribution in [3.05, 3.63) is 23.7 Å². The second kappa shape index (κ2) is 8.99. The predicted octanol–water partition coefficient (Wildman–Crippen LogP) is 7.55. The molecule has 0 aromatic carbocycles. The molecule has 3 nitrogen and oxygen atoms in total. The summed E-state index contributed by atoms with van der Waals surface area (Å²) >= 11 is 0. The van der Waals surface area contributed by atoms with E-state index in [4.69, 9.17) is 14.0 Å². The molecule has 0 radical (unpaired) electrons. The topological polar surface area (TPSA) is 27.7 Å². The van der Waals surface area contributed by atoms with Crippen molar-refractivity contribution in [3.63, 3.8) is 0 Å². The van der Waals surface area contributed by atoms with Crippen LogP contribution in [0.3, 0.4) is 0 Å². The number of hydrogen-bond acceptors (Lipinski definition) is 3. The van der Waals surface area contributed by atoms with Gasteiger partial charge < -0.3 is 14.0 Å². The predicted molar refractivity (Wildman–Crippen MR) is 145 cm³/mol. The van der Waals surface area contributed by atoms with Gasteiger partial charge in [-0.1, -0.05) is 57.8 Å². The van der Waals surface area contributed by atoms with E-state index in [1.54, 1.807) is 0 Å². The molecule has 5 fully saturated rings. The van der Waals surface area contributed by atoms with Crippen LogP contribution in [0.4, 0.5) is 0 Å². The highest BCUT2D eigenvalue weighted by atomic mass is 16.7. The third-order valence-electron chi connectivity index (χ3n) is 12.1. The first-order valence-corrected chi connectivity index (χ1v) is 15.8. The molecule has 0 amide bonds. The Balaban J connectivity index is 1.32. The molecule has 2 saturated heterocycles. The quantitative estimate of drug-likeness (QED) is 0.294. The molecule has 0 bridgehead atoms. The molecule has 0 aromatic rings. The maximum Gasteiger partial charge on any atom is 0.490 e. The standard InChI is InChI=1S/C32H49BO3/c1-20(2)30-31(3,4)36-33(35-30)21-17-18-29-27(19-21)32(26-15-9-10-16-28(26)34-29)24-13-7-5-11-22(24)23-12-6-8-14-25(23)32/h5,11,19-20,22-30H,6-10,12-18H2,1-4H3. The zero-order chi connectivity index (χ0) is 24.7. The summed E-state index contributed by atoms with van der Waals surface area (Å²) in [7, 11) is -0.167. The van der Waals surface area contributed by atoms with Crippen molar-refractivity contribution in [2.75, 3.05) is 0 Å². The molecule has 36 heavy (non-hydrogen) atoms. The lowest BCUT2D eigenvalue weighted by molar-refractivity contribution is -0.222. The second-order valence-electron chi connectivity index (χ2n) is 14.5. The van der Waals surface area contributed by atoms with Crippen LogP contribution in [0.15, 0.2) is 23.7 Å². The first kappa shape index (κ1) is 24.5.